The molecule has 2 aromatic heterocycles. The van der Waals surface area contributed by atoms with E-state index in [2.05, 4.69) is 54.9 Å². The number of carbonyl (C=O) groups excluding carboxylic acids is 1. The highest BCUT2D eigenvalue weighted by Crippen LogP contribution is 2.38. The van der Waals surface area contributed by atoms with Crippen LogP contribution in [0.5, 0.6) is 0 Å². The van der Waals surface area contributed by atoms with Gasteiger partial charge in [0, 0.05) is 25.3 Å². The maximum absolute atomic E-state index is 13.4. The van der Waals surface area contributed by atoms with Crippen molar-refractivity contribution in [1.29, 1.82) is 0 Å². The lowest BCUT2D eigenvalue weighted by molar-refractivity contribution is 0.0640. The van der Waals surface area contributed by atoms with Crippen molar-refractivity contribution in [3.63, 3.8) is 0 Å². The van der Waals surface area contributed by atoms with E-state index in [0.717, 1.165) is 57.4 Å². The summed E-state index contributed by atoms with van der Waals surface area (Å²) in [5, 5.41) is 0.985. The number of aryl methyl sites for hydroxylation is 2. The second-order valence-corrected chi connectivity index (χ2v) is 9.98. The predicted octanol–water partition coefficient (Wildman–Crippen LogP) is 6.21. The van der Waals surface area contributed by atoms with Crippen LogP contribution in [0, 0.1) is 13.8 Å². The summed E-state index contributed by atoms with van der Waals surface area (Å²) in [6.45, 7) is 11.4. The van der Waals surface area contributed by atoms with Crippen molar-refractivity contribution in [2.75, 3.05) is 18.5 Å². The molecule has 1 fully saturated rings. The summed E-state index contributed by atoms with van der Waals surface area (Å²) < 4.78 is 0. The highest BCUT2D eigenvalue weighted by molar-refractivity contribution is 7.20. The van der Waals surface area contributed by atoms with Gasteiger partial charge in [-0.1, -0.05) is 26.0 Å². The number of rotatable bonds is 4. The van der Waals surface area contributed by atoms with Crippen LogP contribution in [0.3, 0.4) is 0 Å². The first-order chi connectivity index (χ1) is 14.8. The number of likely N-dealkylation sites (tertiary alicyclic amines) is 1. The summed E-state index contributed by atoms with van der Waals surface area (Å²) in [5.41, 5.74) is 3.38. The van der Waals surface area contributed by atoms with Crippen LogP contribution < -0.4 is 4.90 Å². The molecular weight excluding hydrogens is 404 g/mol. The SMILES string of the molecule is Cc1nc(N(C)c2ccc(C(C)C)cc2)c2c(C)c(C(=O)N3CCCC[C@@H]3C)sc2n1. The fraction of sp³-hybridized carbons (Fsp3) is 0.480. The number of nitrogens with zero attached hydrogens (tertiary/aromatic N) is 4. The van der Waals surface area contributed by atoms with Gasteiger partial charge in [0.15, 0.2) is 0 Å². The van der Waals surface area contributed by atoms with E-state index in [1.165, 1.54) is 23.3 Å². The molecule has 1 atom stereocenters. The molecule has 1 aromatic carbocycles. The molecule has 3 heterocycles. The molecule has 1 aliphatic heterocycles. The van der Waals surface area contributed by atoms with Crippen molar-refractivity contribution in [3.05, 3.63) is 46.1 Å². The minimum Gasteiger partial charge on any atom is -0.335 e. The molecule has 0 N–H and O–H groups in total. The van der Waals surface area contributed by atoms with E-state index in [4.69, 9.17) is 4.98 Å². The lowest BCUT2D eigenvalue weighted by atomic mass is 10.0. The molecule has 5 nitrogen and oxygen atoms in total. The van der Waals surface area contributed by atoms with Crippen LogP contribution >= 0.6 is 11.3 Å². The molecule has 1 saturated heterocycles. The molecule has 0 bridgehead atoms. The first kappa shape index (κ1) is 21.8. The van der Waals surface area contributed by atoms with Crippen LogP contribution in [0.2, 0.25) is 0 Å². The van der Waals surface area contributed by atoms with Gasteiger partial charge < -0.3 is 9.80 Å². The van der Waals surface area contributed by atoms with E-state index < -0.39 is 0 Å². The monoisotopic (exact) mass is 436 g/mol. The molecule has 3 aromatic rings. The van der Waals surface area contributed by atoms with Gasteiger partial charge in [-0.2, -0.15) is 0 Å². The number of anilines is 2. The summed E-state index contributed by atoms with van der Waals surface area (Å²) >= 11 is 1.51. The molecule has 0 radical (unpaired) electrons. The van der Waals surface area contributed by atoms with Crippen molar-refractivity contribution in [1.82, 2.24) is 14.9 Å². The Hall–Kier alpha value is -2.47. The molecule has 0 aliphatic carbocycles. The Labute approximate surface area is 189 Å². The van der Waals surface area contributed by atoms with E-state index in [-0.39, 0.29) is 5.91 Å². The number of piperidine rings is 1. The third-order valence-corrected chi connectivity index (χ3v) is 7.58. The molecule has 0 saturated carbocycles. The van der Waals surface area contributed by atoms with Gasteiger partial charge in [0.05, 0.1) is 10.3 Å². The third kappa shape index (κ3) is 4.05. The summed E-state index contributed by atoms with van der Waals surface area (Å²) in [6, 6.07) is 8.92. The first-order valence-electron chi connectivity index (χ1n) is 11.2. The summed E-state index contributed by atoms with van der Waals surface area (Å²) in [7, 11) is 2.04. The summed E-state index contributed by atoms with van der Waals surface area (Å²) in [4.78, 5) is 28.7. The quantitative estimate of drug-likeness (QED) is 0.487. The molecule has 4 rings (SSSR count). The van der Waals surface area contributed by atoms with E-state index >= 15 is 0 Å². The van der Waals surface area contributed by atoms with Gasteiger partial charge >= 0.3 is 0 Å². The second-order valence-electron chi connectivity index (χ2n) is 8.98. The van der Waals surface area contributed by atoms with Gasteiger partial charge in [0.2, 0.25) is 0 Å². The molecule has 6 heteroatoms. The van der Waals surface area contributed by atoms with Crippen LogP contribution in [0.4, 0.5) is 11.5 Å². The van der Waals surface area contributed by atoms with Crippen molar-refractivity contribution >= 4 is 39.0 Å². The van der Waals surface area contributed by atoms with Crippen LogP contribution in [-0.4, -0.2) is 40.4 Å². The third-order valence-electron chi connectivity index (χ3n) is 6.41. The zero-order chi connectivity index (χ0) is 22.3. The maximum Gasteiger partial charge on any atom is 0.264 e. The van der Waals surface area contributed by atoms with Gasteiger partial charge in [0.1, 0.15) is 16.5 Å². The Kier molecular flexibility index (Phi) is 6.02. The van der Waals surface area contributed by atoms with Crippen molar-refractivity contribution < 1.29 is 4.79 Å². The van der Waals surface area contributed by atoms with Crippen molar-refractivity contribution in [3.8, 4) is 0 Å². The minimum atomic E-state index is 0.139. The Bertz CT molecular complexity index is 1100. The van der Waals surface area contributed by atoms with Gasteiger partial charge in [-0.15, -0.1) is 11.3 Å². The Morgan fingerprint density at radius 1 is 1.16 bits per heavy atom. The average Bonchev–Trinajstić information content (AvgIpc) is 3.08. The number of thiophene rings is 1. The maximum atomic E-state index is 13.4. The van der Waals surface area contributed by atoms with Crippen LogP contribution in [0.15, 0.2) is 24.3 Å². The van der Waals surface area contributed by atoms with Crippen molar-refractivity contribution in [2.24, 2.45) is 0 Å². The Morgan fingerprint density at radius 3 is 2.52 bits per heavy atom. The van der Waals surface area contributed by atoms with Crippen LogP contribution in [0.1, 0.15) is 72.6 Å². The minimum absolute atomic E-state index is 0.139. The highest BCUT2D eigenvalue weighted by Gasteiger charge is 2.29. The smallest absolute Gasteiger partial charge is 0.264 e. The molecule has 1 amide bonds. The lowest BCUT2D eigenvalue weighted by Gasteiger charge is -2.33. The average molecular weight is 437 g/mol. The second kappa shape index (κ2) is 8.58. The Morgan fingerprint density at radius 2 is 1.87 bits per heavy atom. The molecule has 0 unspecified atom stereocenters. The molecular formula is C25H32N4OS. The number of aromatic nitrogens is 2. The van der Waals surface area contributed by atoms with Gasteiger partial charge in [-0.05, 0) is 69.2 Å². The topological polar surface area (TPSA) is 49.3 Å². The number of fused-ring (bicyclic) bond motifs is 1. The Balaban J connectivity index is 1.77. The summed E-state index contributed by atoms with van der Waals surface area (Å²) in [5.74, 6) is 2.22. The van der Waals surface area contributed by atoms with Crippen LogP contribution in [-0.2, 0) is 0 Å². The zero-order valence-corrected chi connectivity index (χ0v) is 20.2. The van der Waals surface area contributed by atoms with E-state index in [1.807, 2.05) is 25.8 Å². The van der Waals surface area contributed by atoms with E-state index in [1.54, 1.807) is 0 Å². The molecule has 31 heavy (non-hydrogen) atoms. The molecule has 1 aliphatic rings. The number of carbonyl (C=O) groups is 1. The van der Waals surface area contributed by atoms with Gasteiger partial charge in [0.25, 0.3) is 5.91 Å². The standard InChI is InChI=1S/C25H32N4OS/c1-15(2)19-10-12-20(13-11-19)28(6)23-21-17(4)22(31-24(21)27-18(5)26-23)25(30)29-14-8-7-9-16(29)3/h10-13,15-16H,7-9,14H2,1-6H3/t16-/m0/s1. The van der Waals surface area contributed by atoms with Crippen LogP contribution in [0.25, 0.3) is 10.2 Å². The van der Waals surface area contributed by atoms with Gasteiger partial charge in [-0.25, -0.2) is 9.97 Å². The summed E-state index contributed by atoms with van der Waals surface area (Å²) in [6.07, 6.45) is 3.36. The number of benzene rings is 1. The fourth-order valence-electron chi connectivity index (χ4n) is 4.40. The highest BCUT2D eigenvalue weighted by atomic mass is 32.1. The predicted molar refractivity (Wildman–Crippen MR) is 130 cm³/mol. The van der Waals surface area contributed by atoms with E-state index in [9.17, 15) is 4.79 Å². The fourth-order valence-corrected chi connectivity index (χ4v) is 5.58. The lowest BCUT2D eigenvalue weighted by Crippen LogP contribution is -2.41. The zero-order valence-electron chi connectivity index (χ0n) is 19.4. The largest absolute Gasteiger partial charge is 0.335 e. The number of hydrogen-bond acceptors (Lipinski definition) is 5. The molecule has 0 spiro atoms. The normalized spacial score (nSPS) is 16.9. The molecule has 164 valence electrons. The van der Waals surface area contributed by atoms with Gasteiger partial charge in [-0.3, -0.25) is 4.79 Å². The first-order valence-corrected chi connectivity index (χ1v) is 12.0. The van der Waals surface area contributed by atoms with Crippen molar-refractivity contribution in [2.45, 2.75) is 65.8 Å². The van der Waals surface area contributed by atoms with E-state index in [0.29, 0.717) is 12.0 Å². The number of hydrogen-bond donors (Lipinski definition) is 0. The number of amides is 1.